The van der Waals surface area contributed by atoms with Gasteiger partial charge in [-0.3, -0.25) is 19.8 Å². The minimum atomic E-state index is -4.63. The summed E-state index contributed by atoms with van der Waals surface area (Å²) in [5.41, 5.74) is 4.34. The molecule has 3 N–H and O–H groups in total. The Morgan fingerprint density at radius 1 is 1.00 bits per heavy atom. The molecule has 3 aromatic heterocycles. The van der Waals surface area contributed by atoms with Crippen LogP contribution in [0.3, 0.4) is 0 Å². The third-order valence-electron chi connectivity index (χ3n) is 13.2. The largest absolute Gasteiger partial charge is 0.455 e. The van der Waals surface area contributed by atoms with Gasteiger partial charge >= 0.3 is 0 Å². The van der Waals surface area contributed by atoms with E-state index in [1.54, 1.807) is 30.5 Å². The van der Waals surface area contributed by atoms with Crippen LogP contribution in [0.5, 0.6) is 11.5 Å². The summed E-state index contributed by atoms with van der Waals surface area (Å²) >= 11 is 0. The first-order valence-corrected chi connectivity index (χ1v) is 22.7. The Morgan fingerprint density at radius 2 is 1.80 bits per heavy atom. The van der Waals surface area contributed by atoms with E-state index >= 15 is 0 Å². The molecule has 314 valence electrons. The van der Waals surface area contributed by atoms with Crippen molar-refractivity contribution in [2.45, 2.75) is 94.7 Å². The predicted octanol–water partition coefficient (Wildman–Crippen LogP) is 8.70. The van der Waals surface area contributed by atoms with Gasteiger partial charge in [0.25, 0.3) is 21.6 Å². The van der Waals surface area contributed by atoms with Gasteiger partial charge in [-0.15, -0.1) is 0 Å². The summed E-state index contributed by atoms with van der Waals surface area (Å²) in [6.07, 6.45) is 14.6. The number of nitrogens with one attached hydrogen (secondary N) is 3. The van der Waals surface area contributed by atoms with Crippen molar-refractivity contribution < 1.29 is 22.9 Å². The van der Waals surface area contributed by atoms with Crippen LogP contribution in [0.4, 0.5) is 17.1 Å². The van der Waals surface area contributed by atoms with E-state index in [4.69, 9.17) is 4.74 Å². The second kappa shape index (κ2) is 16.1. The number of hydrogen-bond acceptors (Lipinski definition) is 11. The first-order chi connectivity index (χ1) is 28.9. The molecule has 9 rings (SSSR count). The van der Waals surface area contributed by atoms with Crippen molar-refractivity contribution in [2.24, 2.45) is 11.3 Å². The van der Waals surface area contributed by atoms with E-state index in [1.165, 1.54) is 36.6 Å². The van der Waals surface area contributed by atoms with Crippen molar-refractivity contribution >= 4 is 44.0 Å². The molecule has 4 fully saturated rings. The second-order valence-electron chi connectivity index (χ2n) is 17.6. The number of benzene rings is 2. The molecule has 1 atom stereocenters. The number of carbonyl (C=O) groups excluding carboxylic acids is 1. The summed E-state index contributed by atoms with van der Waals surface area (Å²) < 4.78 is 35.6. The highest BCUT2D eigenvalue weighted by Gasteiger charge is 2.55. The Morgan fingerprint density at radius 3 is 2.58 bits per heavy atom. The molecule has 5 heterocycles. The molecule has 2 aromatic carbocycles. The molecule has 1 spiro atoms. The van der Waals surface area contributed by atoms with Gasteiger partial charge in [-0.25, -0.2) is 14.7 Å². The number of anilines is 2. The van der Waals surface area contributed by atoms with Crippen LogP contribution >= 0.6 is 0 Å². The van der Waals surface area contributed by atoms with Crippen LogP contribution in [0.25, 0.3) is 11.0 Å². The number of carbonyl (C=O) groups is 1. The molecule has 60 heavy (non-hydrogen) atoms. The van der Waals surface area contributed by atoms with Crippen LogP contribution in [0.1, 0.15) is 105 Å². The van der Waals surface area contributed by atoms with E-state index in [0.29, 0.717) is 41.9 Å². The summed E-state index contributed by atoms with van der Waals surface area (Å²) in [7, 11) is -4.63. The number of hydrogen-bond donors (Lipinski definition) is 3. The summed E-state index contributed by atoms with van der Waals surface area (Å²) in [4.78, 5) is 41.8. The Labute approximate surface area is 350 Å². The normalized spacial score (nSPS) is 19.6. The fourth-order valence-electron chi connectivity index (χ4n) is 10.1. The van der Waals surface area contributed by atoms with Crippen molar-refractivity contribution in [3.8, 4) is 11.5 Å². The number of sulfonamides is 1. The molecule has 0 radical (unpaired) electrons. The number of fused-ring (bicyclic) bond motifs is 1. The van der Waals surface area contributed by atoms with Gasteiger partial charge in [0.15, 0.2) is 5.03 Å². The predicted molar refractivity (Wildman–Crippen MR) is 230 cm³/mol. The number of pyridine rings is 2. The fourth-order valence-corrected chi connectivity index (χ4v) is 11.0. The quantitative estimate of drug-likeness (QED) is 0.0764. The summed E-state index contributed by atoms with van der Waals surface area (Å²) in [5.74, 6) is 0.415. The lowest BCUT2D eigenvalue weighted by Crippen LogP contribution is -2.66. The number of nitrogens with zero attached hydrogens (tertiary/aromatic N) is 5. The van der Waals surface area contributed by atoms with Gasteiger partial charge in [0.05, 0.1) is 28.9 Å². The van der Waals surface area contributed by atoms with Gasteiger partial charge in [-0.05, 0) is 92.3 Å². The van der Waals surface area contributed by atoms with E-state index in [9.17, 15) is 23.3 Å². The van der Waals surface area contributed by atoms with Gasteiger partial charge in [-0.1, -0.05) is 57.4 Å². The second-order valence-corrected chi connectivity index (χ2v) is 19.2. The van der Waals surface area contributed by atoms with Crippen LogP contribution in [-0.2, 0) is 10.0 Å². The lowest BCUT2D eigenvalue weighted by Gasteiger charge is -2.62. The molecule has 15 heteroatoms. The number of rotatable bonds is 13. The Balaban J connectivity index is 0.912. The van der Waals surface area contributed by atoms with E-state index in [0.717, 1.165) is 81.5 Å². The molecular formula is C45H52N8O6S. The highest BCUT2D eigenvalue weighted by Crippen LogP contribution is 2.54. The molecule has 4 aliphatic rings. The lowest BCUT2D eigenvalue weighted by molar-refractivity contribution is -0.384. The molecule has 5 aromatic rings. The van der Waals surface area contributed by atoms with Crippen molar-refractivity contribution in [1.82, 2.24) is 24.6 Å². The van der Waals surface area contributed by atoms with E-state index in [2.05, 4.69) is 72.9 Å². The maximum absolute atomic E-state index is 13.9. The number of aromatic nitrogens is 3. The van der Waals surface area contributed by atoms with Gasteiger partial charge in [0.2, 0.25) is 0 Å². The number of H-pyrrole nitrogens is 1. The first-order valence-electron chi connectivity index (χ1n) is 21.3. The molecule has 1 unspecified atom stereocenters. The minimum absolute atomic E-state index is 0.0301. The number of ether oxygens (including phenoxy) is 1. The van der Waals surface area contributed by atoms with Crippen LogP contribution in [0, 0.1) is 21.4 Å². The van der Waals surface area contributed by atoms with Gasteiger partial charge < -0.3 is 19.9 Å². The summed E-state index contributed by atoms with van der Waals surface area (Å²) in [6.45, 7) is 7.95. The lowest BCUT2D eigenvalue weighted by atomic mass is 9.60. The monoisotopic (exact) mass is 832 g/mol. The number of amides is 1. The first kappa shape index (κ1) is 39.9. The average Bonchev–Trinajstić information content (AvgIpc) is 3.89. The number of likely N-dealkylation sites (tertiary alicyclic amines) is 1. The van der Waals surface area contributed by atoms with Gasteiger partial charge in [0.1, 0.15) is 22.8 Å². The Kier molecular flexibility index (Phi) is 10.7. The molecule has 14 nitrogen and oxygen atoms in total. The van der Waals surface area contributed by atoms with Crippen molar-refractivity contribution in [2.75, 3.05) is 36.4 Å². The maximum Gasteiger partial charge on any atom is 0.296 e. The Hall–Kier alpha value is -5.54. The van der Waals surface area contributed by atoms with Gasteiger partial charge in [-0.2, -0.15) is 8.42 Å². The van der Waals surface area contributed by atoms with Crippen molar-refractivity contribution in [3.05, 3.63) is 106 Å². The molecule has 0 bridgehead atoms. The van der Waals surface area contributed by atoms with E-state index in [1.807, 2.05) is 6.07 Å². The SMILES string of the molecule is CC(C)c1ccccc1C1CCCN1C1CC2(C1)CN(c1ccc(C(=O)NS(=O)(=O)c3cc([N+](=O)[O-])c(NCC4CCCCC4)cn3)c(Oc3cnc4[nH]ccc4c3)c1)C2. The zero-order valence-corrected chi connectivity index (χ0v) is 34.9. The van der Waals surface area contributed by atoms with Crippen LogP contribution in [0.2, 0.25) is 0 Å². The average molecular weight is 833 g/mol. The van der Waals surface area contributed by atoms with Crippen molar-refractivity contribution in [3.63, 3.8) is 0 Å². The highest BCUT2D eigenvalue weighted by atomic mass is 32.2. The third kappa shape index (κ3) is 7.92. The summed E-state index contributed by atoms with van der Waals surface area (Å²) in [5, 5.41) is 15.3. The van der Waals surface area contributed by atoms with Crippen molar-refractivity contribution in [1.29, 1.82) is 0 Å². The fraction of sp³-hybridized carbons (Fsp3) is 0.444. The van der Waals surface area contributed by atoms with Crippen LogP contribution in [-0.4, -0.2) is 71.3 Å². The third-order valence-corrected chi connectivity index (χ3v) is 14.4. The standard InChI is InChI=1S/C45H52N8O6S/c1-29(2)35-11-6-7-12-36(35)39-13-8-18-52(39)33-22-45(23-33)27-51(28-45)32-14-15-37(41(20-32)59-34-19-31-16-17-46-43(31)49-25-34)44(54)50-60(57,58)42-21-40(53(55)56)38(26-48-42)47-24-30-9-4-3-5-10-30/h6-7,11-12,14-17,19-21,25-26,29-30,33,39,47H,3-5,8-10,13,18,22-24,27-28H2,1-2H3,(H,46,49)(H,50,54). The topological polar surface area (TPSA) is 176 Å². The molecule has 2 aliphatic heterocycles. The van der Waals surface area contributed by atoms with Crippen LogP contribution < -0.4 is 19.7 Å². The molecule has 2 saturated heterocycles. The smallest absolute Gasteiger partial charge is 0.296 e. The zero-order chi connectivity index (χ0) is 41.6. The molecule has 2 aliphatic carbocycles. The molecule has 1 amide bonds. The van der Waals surface area contributed by atoms with Gasteiger partial charge in [0, 0.05) is 60.5 Å². The van der Waals surface area contributed by atoms with Crippen LogP contribution in [0.15, 0.2) is 84.3 Å². The summed E-state index contributed by atoms with van der Waals surface area (Å²) in [6, 6.07) is 19.6. The zero-order valence-electron chi connectivity index (χ0n) is 34.1. The van der Waals surface area contributed by atoms with E-state index < -0.39 is 31.6 Å². The molecular weight excluding hydrogens is 781 g/mol. The number of aromatic amines is 1. The number of nitro groups is 1. The maximum atomic E-state index is 13.9. The molecule has 2 saturated carbocycles. The van der Waals surface area contributed by atoms with E-state index in [-0.39, 0.29) is 22.4 Å². The highest BCUT2D eigenvalue weighted by molar-refractivity contribution is 7.90. The Bertz CT molecular complexity index is 2520. The minimum Gasteiger partial charge on any atom is -0.455 e.